The zero-order chi connectivity index (χ0) is 23.9. The zero-order valence-electron chi connectivity index (χ0n) is 19.3. The molecule has 0 radical (unpaired) electrons. The molecule has 0 spiro atoms. The number of piperidine rings is 1. The lowest BCUT2D eigenvalue weighted by atomic mass is 10.1. The van der Waals surface area contributed by atoms with Crippen LogP contribution in [-0.2, 0) is 4.79 Å². The molecule has 4 rings (SSSR count). The lowest BCUT2D eigenvalue weighted by molar-refractivity contribution is -0.119. The number of carbonyl (C=O) groups is 2. The second kappa shape index (κ2) is 11.1. The van der Waals surface area contributed by atoms with Crippen LogP contribution in [0.5, 0.6) is 5.75 Å². The van der Waals surface area contributed by atoms with Crippen molar-refractivity contribution in [1.82, 2.24) is 25.6 Å². The number of hydrazine groups is 1. The van der Waals surface area contributed by atoms with Gasteiger partial charge >= 0.3 is 0 Å². The molecule has 1 saturated heterocycles. The van der Waals surface area contributed by atoms with Gasteiger partial charge < -0.3 is 9.64 Å². The smallest absolute Gasteiger partial charge is 0.269 e. The predicted octanol–water partition coefficient (Wildman–Crippen LogP) is 3.13. The van der Waals surface area contributed by atoms with E-state index >= 15 is 0 Å². The maximum atomic E-state index is 12.5. The molecule has 0 atom stereocenters. The summed E-state index contributed by atoms with van der Waals surface area (Å²) in [5, 5.41) is 9.41. The molecule has 1 aliphatic rings. The molecule has 0 aliphatic carbocycles. The van der Waals surface area contributed by atoms with Gasteiger partial charge in [-0.25, -0.2) is 0 Å². The van der Waals surface area contributed by atoms with Crippen LogP contribution in [0.25, 0.3) is 5.69 Å². The van der Waals surface area contributed by atoms with Crippen LogP contribution in [0.4, 0.5) is 5.95 Å². The average Bonchev–Trinajstić information content (AvgIpc) is 3.30. The number of methoxy groups -OCH3 is 1. The summed E-state index contributed by atoms with van der Waals surface area (Å²) in [6, 6.07) is 14.8. The molecule has 0 unspecified atom stereocenters. The lowest BCUT2D eigenvalue weighted by Crippen LogP contribution is -2.42. The minimum absolute atomic E-state index is 0.0569. The van der Waals surface area contributed by atoms with Crippen LogP contribution in [0.3, 0.4) is 0 Å². The number of anilines is 1. The van der Waals surface area contributed by atoms with Gasteiger partial charge in [0.1, 0.15) is 5.75 Å². The zero-order valence-corrected chi connectivity index (χ0v) is 20.1. The van der Waals surface area contributed by atoms with Crippen molar-refractivity contribution in [3.8, 4) is 11.4 Å². The van der Waals surface area contributed by atoms with E-state index in [-0.39, 0.29) is 17.6 Å². The van der Waals surface area contributed by atoms with Crippen molar-refractivity contribution in [2.75, 3.05) is 30.9 Å². The molecule has 0 bridgehead atoms. The summed E-state index contributed by atoms with van der Waals surface area (Å²) in [4.78, 5) is 27.0. The summed E-state index contributed by atoms with van der Waals surface area (Å²) >= 11 is 1.25. The molecule has 10 heteroatoms. The Kier molecular flexibility index (Phi) is 7.69. The van der Waals surface area contributed by atoms with E-state index in [1.165, 1.54) is 18.2 Å². The predicted molar refractivity (Wildman–Crippen MR) is 131 cm³/mol. The van der Waals surface area contributed by atoms with E-state index in [2.05, 4.69) is 25.9 Å². The van der Waals surface area contributed by atoms with Gasteiger partial charge in [-0.05, 0) is 50.5 Å². The molecular formula is C24H28N6O3S. The second-order valence-corrected chi connectivity index (χ2v) is 8.94. The minimum Gasteiger partial charge on any atom is -0.495 e. The van der Waals surface area contributed by atoms with Crippen molar-refractivity contribution in [3.05, 3.63) is 59.7 Å². The Hall–Kier alpha value is -3.53. The Bertz CT molecular complexity index is 1160. The van der Waals surface area contributed by atoms with E-state index in [0.717, 1.165) is 43.1 Å². The maximum absolute atomic E-state index is 12.5. The first kappa shape index (κ1) is 23.6. The summed E-state index contributed by atoms with van der Waals surface area (Å²) in [5.41, 5.74) is 7.19. The van der Waals surface area contributed by atoms with E-state index < -0.39 is 0 Å². The number of benzene rings is 2. The molecule has 2 amide bonds. The maximum Gasteiger partial charge on any atom is 0.269 e. The normalized spacial score (nSPS) is 13.4. The van der Waals surface area contributed by atoms with Crippen molar-refractivity contribution in [1.29, 1.82) is 0 Å². The Morgan fingerprint density at radius 3 is 2.59 bits per heavy atom. The first-order chi connectivity index (χ1) is 16.6. The third-order valence-electron chi connectivity index (χ3n) is 5.51. The number of nitrogens with one attached hydrogen (secondary N) is 2. The molecule has 1 aliphatic heterocycles. The molecule has 9 nitrogen and oxygen atoms in total. The number of aromatic nitrogens is 3. The second-order valence-electron chi connectivity index (χ2n) is 8.00. The van der Waals surface area contributed by atoms with Crippen molar-refractivity contribution < 1.29 is 14.3 Å². The summed E-state index contributed by atoms with van der Waals surface area (Å²) in [6.45, 7) is 3.72. The third kappa shape index (κ3) is 5.51. The van der Waals surface area contributed by atoms with Crippen LogP contribution < -0.4 is 20.5 Å². The molecule has 3 aromatic rings. The van der Waals surface area contributed by atoms with Crippen LogP contribution in [0.2, 0.25) is 0 Å². The Labute approximate surface area is 202 Å². The fourth-order valence-electron chi connectivity index (χ4n) is 3.83. The largest absolute Gasteiger partial charge is 0.495 e. The highest BCUT2D eigenvalue weighted by atomic mass is 32.2. The number of rotatable bonds is 7. The molecule has 34 heavy (non-hydrogen) atoms. The summed E-state index contributed by atoms with van der Waals surface area (Å²) < 4.78 is 7.51. The summed E-state index contributed by atoms with van der Waals surface area (Å²) in [7, 11) is 1.63. The van der Waals surface area contributed by atoms with Gasteiger partial charge in [0.05, 0.1) is 18.6 Å². The highest BCUT2D eigenvalue weighted by Gasteiger charge is 2.23. The summed E-state index contributed by atoms with van der Waals surface area (Å²) in [6.07, 6.45) is 3.41. The molecule has 1 aromatic heterocycles. The number of nitrogens with zero attached hydrogens (tertiary/aromatic N) is 4. The first-order valence-electron chi connectivity index (χ1n) is 11.2. The van der Waals surface area contributed by atoms with Crippen molar-refractivity contribution in [2.24, 2.45) is 0 Å². The number of hydrogen-bond donors (Lipinski definition) is 2. The standard InChI is InChI=1S/C24H28N6O3S/c1-17-9-8-10-18(15-17)22(32)26-25-21(31)16-34-24-28-27-23(29-13-6-3-7-14-29)30(24)19-11-4-5-12-20(19)33-2/h4-5,8-12,15H,3,6-7,13-14,16H2,1-2H3,(H,25,31)(H,26,32). The van der Waals surface area contributed by atoms with Crippen LogP contribution in [0.15, 0.2) is 53.7 Å². The average molecular weight is 481 g/mol. The van der Waals surface area contributed by atoms with Crippen molar-refractivity contribution in [2.45, 2.75) is 31.3 Å². The minimum atomic E-state index is -0.369. The molecule has 178 valence electrons. The molecule has 1 fully saturated rings. The highest BCUT2D eigenvalue weighted by molar-refractivity contribution is 7.99. The summed E-state index contributed by atoms with van der Waals surface area (Å²) in [5.74, 6) is 0.769. The van der Waals surface area contributed by atoms with Gasteiger partial charge in [0.15, 0.2) is 5.16 Å². The van der Waals surface area contributed by atoms with Gasteiger partial charge in [-0.1, -0.05) is 41.6 Å². The number of amides is 2. The highest BCUT2D eigenvalue weighted by Crippen LogP contribution is 2.32. The van der Waals surface area contributed by atoms with Crippen molar-refractivity contribution >= 4 is 29.5 Å². The van der Waals surface area contributed by atoms with Gasteiger partial charge in [-0.15, -0.1) is 10.2 Å². The number of carbonyl (C=O) groups excluding carboxylic acids is 2. The Morgan fingerprint density at radius 1 is 1.03 bits per heavy atom. The number of para-hydroxylation sites is 2. The fourth-order valence-corrected chi connectivity index (χ4v) is 4.57. The molecular weight excluding hydrogens is 452 g/mol. The molecule has 0 saturated carbocycles. The quantitative estimate of drug-likeness (QED) is 0.396. The van der Waals surface area contributed by atoms with Crippen LogP contribution >= 0.6 is 11.8 Å². The van der Waals surface area contributed by atoms with Crippen LogP contribution in [0.1, 0.15) is 35.2 Å². The van der Waals surface area contributed by atoms with Gasteiger partial charge in [0.25, 0.3) is 5.91 Å². The van der Waals surface area contributed by atoms with Gasteiger partial charge in [-0.2, -0.15) is 0 Å². The van der Waals surface area contributed by atoms with E-state index in [4.69, 9.17) is 4.74 Å². The topological polar surface area (TPSA) is 101 Å². The van der Waals surface area contributed by atoms with Crippen LogP contribution in [0, 0.1) is 6.92 Å². The SMILES string of the molecule is COc1ccccc1-n1c(SCC(=O)NNC(=O)c2cccc(C)c2)nnc1N1CCCCC1. The van der Waals surface area contributed by atoms with Gasteiger partial charge in [0.2, 0.25) is 11.9 Å². The van der Waals surface area contributed by atoms with Gasteiger partial charge in [-0.3, -0.25) is 25.0 Å². The van der Waals surface area contributed by atoms with E-state index in [1.807, 2.05) is 41.8 Å². The number of thioether (sulfide) groups is 1. The number of aryl methyl sites for hydroxylation is 1. The van der Waals surface area contributed by atoms with Crippen molar-refractivity contribution in [3.63, 3.8) is 0 Å². The monoisotopic (exact) mass is 480 g/mol. The lowest BCUT2D eigenvalue weighted by Gasteiger charge is -2.28. The number of ether oxygens (including phenoxy) is 1. The Balaban J connectivity index is 1.47. The third-order valence-corrected chi connectivity index (χ3v) is 6.44. The van der Waals surface area contributed by atoms with Crippen LogP contribution in [-0.4, -0.2) is 52.5 Å². The van der Waals surface area contributed by atoms with Gasteiger partial charge in [0, 0.05) is 18.7 Å². The molecule has 2 heterocycles. The fraction of sp³-hybridized carbons (Fsp3) is 0.333. The van der Waals surface area contributed by atoms with E-state index in [1.54, 1.807) is 25.3 Å². The number of hydrogen-bond acceptors (Lipinski definition) is 7. The Morgan fingerprint density at radius 2 is 1.82 bits per heavy atom. The first-order valence-corrected chi connectivity index (χ1v) is 12.2. The molecule has 2 N–H and O–H groups in total. The van der Waals surface area contributed by atoms with E-state index in [9.17, 15) is 9.59 Å². The van der Waals surface area contributed by atoms with E-state index in [0.29, 0.717) is 16.5 Å². The molecule has 2 aromatic carbocycles.